The summed E-state index contributed by atoms with van der Waals surface area (Å²) in [5, 5.41) is 0. The summed E-state index contributed by atoms with van der Waals surface area (Å²) in [4.78, 5) is 15.7. The Labute approximate surface area is 117 Å². The predicted octanol–water partition coefficient (Wildman–Crippen LogP) is 2.34. The Bertz CT molecular complexity index is 718. The first-order chi connectivity index (χ1) is 9.56. The third kappa shape index (κ3) is 2.27. The maximum Gasteiger partial charge on any atom is 0.250 e. The molecule has 0 atom stereocenters. The van der Waals surface area contributed by atoms with Gasteiger partial charge in [-0.15, -0.1) is 0 Å². The van der Waals surface area contributed by atoms with Crippen molar-refractivity contribution in [3.8, 4) is 11.5 Å². The lowest BCUT2D eigenvalue weighted by Crippen LogP contribution is -2.17. The van der Waals surface area contributed by atoms with Crippen LogP contribution in [0, 0.1) is 6.92 Å². The molecule has 1 fully saturated rings. The Kier molecular flexibility index (Phi) is 2.97. The highest BCUT2D eigenvalue weighted by atomic mass is 16.5. The molecule has 1 aliphatic carbocycles. The fourth-order valence-corrected chi connectivity index (χ4v) is 2.19. The number of rotatable bonds is 3. The topological polar surface area (TPSA) is 70.1 Å². The van der Waals surface area contributed by atoms with Gasteiger partial charge in [0.05, 0.1) is 5.69 Å². The van der Waals surface area contributed by atoms with Crippen molar-refractivity contribution in [2.75, 3.05) is 5.73 Å². The molecule has 0 saturated heterocycles. The average Bonchev–Trinajstić information content (AvgIpc) is 3.24. The molecule has 2 heterocycles. The molecule has 0 radical (unpaired) electrons. The Balaban J connectivity index is 2.01. The Morgan fingerprint density at radius 1 is 1.35 bits per heavy atom. The number of nitrogens with zero attached hydrogens (tertiary/aromatic N) is 2. The van der Waals surface area contributed by atoms with Crippen LogP contribution in [-0.4, -0.2) is 9.55 Å². The molecule has 3 rings (SSSR count). The van der Waals surface area contributed by atoms with Crippen LogP contribution >= 0.6 is 0 Å². The van der Waals surface area contributed by atoms with Crippen molar-refractivity contribution in [2.24, 2.45) is 7.05 Å². The largest absolute Gasteiger partial charge is 0.455 e. The van der Waals surface area contributed by atoms with Crippen LogP contribution in [0.15, 0.2) is 29.2 Å². The zero-order chi connectivity index (χ0) is 14.3. The van der Waals surface area contributed by atoms with Crippen molar-refractivity contribution in [1.82, 2.24) is 9.55 Å². The fourth-order valence-electron chi connectivity index (χ4n) is 2.19. The predicted molar refractivity (Wildman–Crippen MR) is 77.1 cm³/mol. The highest BCUT2D eigenvalue weighted by molar-refractivity contribution is 5.47. The number of aromatic nitrogens is 2. The van der Waals surface area contributed by atoms with Crippen LogP contribution in [0.25, 0.3) is 0 Å². The minimum absolute atomic E-state index is 0.0495. The van der Waals surface area contributed by atoms with E-state index < -0.39 is 0 Å². The summed E-state index contributed by atoms with van der Waals surface area (Å²) in [5.41, 5.74) is 7.57. The molecule has 104 valence electrons. The minimum Gasteiger partial charge on any atom is -0.455 e. The maximum atomic E-state index is 11.6. The van der Waals surface area contributed by atoms with E-state index in [1.165, 1.54) is 6.07 Å². The second-order valence-corrected chi connectivity index (χ2v) is 5.20. The van der Waals surface area contributed by atoms with E-state index in [9.17, 15) is 4.79 Å². The zero-order valence-corrected chi connectivity index (χ0v) is 11.6. The van der Waals surface area contributed by atoms with Crippen LogP contribution in [0.1, 0.15) is 30.0 Å². The molecular formula is C15H17N3O2. The van der Waals surface area contributed by atoms with Gasteiger partial charge in [0.25, 0.3) is 5.56 Å². The Morgan fingerprint density at radius 2 is 2.10 bits per heavy atom. The van der Waals surface area contributed by atoms with Gasteiger partial charge in [0, 0.05) is 30.9 Å². The molecule has 0 unspecified atom stereocenters. The summed E-state index contributed by atoms with van der Waals surface area (Å²) in [6, 6.07) is 4.95. The van der Waals surface area contributed by atoms with Gasteiger partial charge in [-0.25, -0.2) is 4.98 Å². The molecule has 0 bridgehead atoms. The number of anilines is 1. The highest BCUT2D eigenvalue weighted by Crippen LogP contribution is 2.45. The van der Waals surface area contributed by atoms with E-state index in [-0.39, 0.29) is 5.56 Å². The standard InChI is InChI=1S/C15H17N3O2/c1-9-12(5-6-15(19)18(9)2)20-13-7-14(16)17-8-11(13)10-3-4-10/h5-8,10H,3-4H2,1-2H3,(H2,16,17). The van der Waals surface area contributed by atoms with Crippen LogP contribution < -0.4 is 16.0 Å². The lowest BCUT2D eigenvalue weighted by atomic mass is 10.1. The number of hydrogen-bond acceptors (Lipinski definition) is 4. The van der Waals surface area contributed by atoms with E-state index in [0.717, 1.165) is 29.8 Å². The fraction of sp³-hybridized carbons (Fsp3) is 0.333. The van der Waals surface area contributed by atoms with Gasteiger partial charge in [0.15, 0.2) is 0 Å². The van der Waals surface area contributed by atoms with E-state index >= 15 is 0 Å². The molecule has 5 nitrogen and oxygen atoms in total. The van der Waals surface area contributed by atoms with Crippen molar-refractivity contribution >= 4 is 5.82 Å². The third-order valence-electron chi connectivity index (χ3n) is 3.72. The van der Waals surface area contributed by atoms with E-state index in [1.807, 2.05) is 6.92 Å². The molecule has 1 saturated carbocycles. The van der Waals surface area contributed by atoms with Gasteiger partial charge < -0.3 is 15.0 Å². The van der Waals surface area contributed by atoms with E-state index in [2.05, 4.69) is 4.98 Å². The summed E-state index contributed by atoms with van der Waals surface area (Å²) in [6.45, 7) is 1.86. The molecule has 2 aromatic rings. The molecule has 0 aliphatic heterocycles. The molecule has 2 aromatic heterocycles. The maximum absolute atomic E-state index is 11.6. The van der Waals surface area contributed by atoms with Gasteiger partial charge >= 0.3 is 0 Å². The highest BCUT2D eigenvalue weighted by Gasteiger charge is 2.27. The lowest BCUT2D eigenvalue weighted by molar-refractivity contribution is 0.463. The van der Waals surface area contributed by atoms with E-state index in [4.69, 9.17) is 10.5 Å². The van der Waals surface area contributed by atoms with Crippen molar-refractivity contribution < 1.29 is 4.74 Å². The molecule has 2 N–H and O–H groups in total. The first kappa shape index (κ1) is 12.7. The van der Waals surface area contributed by atoms with Gasteiger partial charge in [0.1, 0.15) is 17.3 Å². The number of ether oxygens (including phenoxy) is 1. The summed E-state index contributed by atoms with van der Waals surface area (Å²) in [7, 11) is 1.73. The number of hydrogen-bond donors (Lipinski definition) is 1. The van der Waals surface area contributed by atoms with E-state index in [0.29, 0.717) is 17.5 Å². The Hall–Kier alpha value is -2.30. The van der Waals surface area contributed by atoms with Crippen LogP contribution in [0.5, 0.6) is 11.5 Å². The second-order valence-electron chi connectivity index (χ2n) is 5.20. The first-order valence-corrected chi connectivity index (χ1v) is 6.66. The quantitative estimate of drug-likeness (QED) is 0.930. The van der Waals surface area contributed by atoms with Crippen LogP contribution in [0.2, 0.25) is 0 Å². The smallest absolute Gasteiger partial charge is 0.250 e. The zero-order valence-electron chi connectivity index (χ0n) is 11.6. The molecule has 20 heavy (non-hydrogen) atoms. The molecule has 0 amide bonds. The lowest BCUT2D eigenvalue weighted by Gasteiger charge is -2.14. The van der Waals surface area contributed by atoms with Crippen molar-refractivity contribution in [3.63, 3.8) is 0 Å². The molecule has 5 heteroatoms. The van der Waals surface area contributed by atoms with Crippen molar-refractivity contribution in [1.29, 1.82) is 0 Å². The Morgan fingerprint density at radius 3 is 2.80 bits per heavy atom. The van der Waals surface area contributed by atoms with Crippen molar-refractivity contribution in [2.45, 2.75) is 25.7 Å². The first-order valence-electron chi connectivity index (χ1n) is 6.66. The number of nitrogen functional groups attached to an aromatic ring is 1. The second kappa shape index (κ2) is 4.67. The van der Waals surface area contributed by atoms with Crippen molar-refractivity contribution in [3.05, 3.63) is 46.0 Å². The SMILES string of the molecule is Cc1c(Oc2cc(N)ncc2C2CC2)ccc(=O)n1C. The summed E-state index contributed by atoms with van der Waals surface area (Å²) < 4.78 is 7.54. The molecule has 0 aromatic carbocycles. The molecule has 1 aliphatic rings. The number of pyridine rings is 2. The van der Waals surface area contributed by atoms with Gasteiger partial charge in [-0.1, -0.05) is 0 Å². The summed E-state index contributed by atoms with van der Waals surface area (Å²) in [5.74, 6) is 2.36. The van der Waals surface area contributed by atoms with Gasteiger partial charge in [-0.3, -0.25) is 4.79 Å². The normalized spacial score (nSPS) is 14.3. The van der Waals surface area contributed by atoms with Gasteiger partial charge in [-0.2, -0.15) is 0 Å². The van der Waals surface area contributed by atoms with Crippen LogP contribution in [0.3, 0.4) is 0 Å². The number of nitrogens with two attached hydrogens (primary N) is 1. The molecular weight excluding hydrogens is 254 g/mol. The van der Waals surface area contributed by atoms with E-state index in [1.54, 1.807) is 29.9 Å². The average molecular weight is 271 g/mol. The summed E-state index contributed by atoms with van der Waals surface area (Å²) in [6.07, 6.45) is 4.11. The van der Waals surface area contributed by atoms with Gasteiger partial charge in [-0.05, 0) is 31.7 Å². The minimum atomic E-state index is -0.0495. The summed E-state index contributed by atoms with van der Waals surface area (Å²) >= 11 is 0. The molecule has 0 spiro atoms. The van der Waals surface area contributed by atoms with Gasteiger partial charge in [0.2, 0.25) is 0 Å². The van der Waals surface area contributed by atoms with Crippen LogP contribution in [0.4, 0.5) is 5.82 Å². The third-order valence-corrected chi connectivity index (χ3v) is 3.72. The monoisotopic (exact) mass is 271 g/mol. The van der Waals surface area contributed by atoms with Crippen LogP contribution in [-0.2, 0) is 7.05 Å².